The molecule has 2 fully saturated rings. The zero-order valence-electron chi connectivity index (χ0n) is 17.2. The third-order valence-corrected chi connectivity index (χ3v) is 7.63. The SMILES string of the molecule is O=C(CCC1CCCCC1)N1CCN(C(=O)c2ccc(S(=O)(=O)C(F)(F)F)cc2)CC1. The van der Waals surface area contributed by atoms with Gasteiger partial charge < -0.3 is 9.80 Å². The van der Waals surface area contributed by atoms with Crippen molar-refractivity contribution in [1.82, 2.24) is 9.80 Å². The number of sulfone groups is 1. The minimum Gasteiger partial charge on any atom is -0.339 e. The highest BCUT2D eigenvalue weighted by molar-refractivity contribution is 7.92. The van der Waals surface area contributed by atoms with Crippen LogP contribution in [0.5, 0.6) is 0 Å². The van der Waals surface area contributed by atoms with Crippen LogP contribution in [-0.4, -0.2) is 61.7 Å². The van der Waals surface area contributed by atoms with Crippen LogP contribution in [0.1, 0.15) is 55.3 Å². The summed E-state index contributed by atoms with van der Waals surface area (Å²) in [7, 11) is -5.44. The zero-order chi connectivity index (χ0) is 22.6. The van der Waals surface area contributed by atoms with Gasteiger partial charge in [-0.25, -0.2) is 8.42 Å². The summed E-state index contributed by atoms with van der Waals surface area (Å²) in [5, 5.41) is 0. The number of nitrogens with zero attached hydrogens (tertiary/aromatic N) is 2. The third kappa shape index (κ3) is 5.58. The van der Waals surface area contributed by atoms with Crippen molar-refractivity contribution in [3.63, 3.8) is 0 Å². The highest BCUT2D eigenvalue weighted by Crippen LogP contribution is 2.30. The number of amides is 2. The van der Waals surface area contributed by atoms with E-state index in [1.165, 1.54) is 37.0 Å². The molecular weight excluding hydrogens is 433 g/mol. The highest BCUT2D eigenvalue weighted by atomic mass is 32.2. The van der Waals surface area contributed by atoms with Crippen LogP contribution in [0.25, 0.3) is 0 Å². The van der Waals surface area contributed by atoms with Crippen molar-refractivity contribution in [3.8, 4) is 0 Å². The number of halogens is 3. The standard InChI is InChI=1S/C21H27F3N2O4S/c22-21(23,24)31(29,30)18-9-7-17(8-10-18)20(28)26-14-12-25(13-15-26)19(27)11-6-16-4-2-1-3-5-16/h7-10,16H,1-6,11-15H2. The van der Waals surface area contributed by atoms with Gasteiger partial charge in [0.2, 0.25) is 5.91 Å². The van der Waals surface area contributed by atoms with Crippen molar-refractivity contribution in [3.05, 3.63) is 29.8 Å². The van der Waals surface area contributed by atoms with Gasteiger partial charge in [0.1, 0.15) is 0 Å². The fourth-order valence-corrected chi connectivity index (χ4v) is 4.97. The van der Waals surface area contributed by atoms with Crippen molar-refractivity contribution in [2.75, 3.05) is 26.2 Å². The molecule has 0 radical (unpaired) electrons. The molecule has 10 heteroatoms. The molecule has 0 bridgehead atoms. The van der Waals surface area contributed by atoms with Gasteiger partial charge in [0.05, 0.1) is 4.90 Å². The van der Waals surface area contributed by atoms with Crippen molar-refractivity contribution < 1.29 is 31.2 Å². The first-order chi connectivity index (χ1) is 14.6. The van der Waals surface area contributed by atoms with E-state index in [0.29, 0.717) is 38.5 Å². The Balaban J connectivity index is 1.51. The first-order valence-electron chi connectivity index (χ1n) is 10.6. The minimum atomic E-state index is -5.44. The Morgan fingerprint density at radius 1 is 0.903 bits per heavy atom. The second-order valence-electron chi connectivity index (χ2n) is 8.19. The van der Waals surface area contributed by atoms with E-state index >= 15 is 0 Å². The molecule has 1 saturated heterocycles. The summed E-state index contributed by atoms with van der Waals surface area (Å²) in [4.78, 5) is 27.5. The van der Waals surface area contributed by atoms with E-state index in [0.717, 1.165) is 30.7 Å². The Labute approximate surface area is 180 Å². The molecule has 1 aliphatic heterocycles. The topological polar surface area (TPSA) is 74.8 Å². The van der Waals surface area contributed by atoms with Crippen LogP contribution < -0.4 is 0 Å². The first-order valence-corrected chi connectivity index (χ1v) is 12.1. The summed E-state index contributed by atoms with van der Waals surface area (Å²) in [6, 6.07) is 3.76. The zero-order valence-corrected chi connectivity index (χ0v) is 18.1. The molecule has 6 nitrogen and oxygen atoms in total. The molecule has 0 N–H and O–H groups in total. The third-order valence-electron chi connectivity index (χ3n) is 6.13. The average Bonchev–Trinajstić information content (AvgIpc) is 2.77. The monoisotopic (exact) mass is 460 g/mol. The normalized spacial score (nSPS) is 18.8. The van der Waals surface area contributed by atoms with Gasteiger partial charge >= 0.3 is 5.51 Å². The van der Waals surface area contributed by atoms with Crippen LogP contribution in [0.4, 0.5) is 13.2 Å². The van der Waals surface area contributed by atoms with Crippen molar-refractivity contribution in [1.29, 1.82) is 0 Å². The summed E-state index contributed by atoms with van der Waals surface area (Å²) in [5.74, 6) is 0.328. The maximum atomic E-state index is 12.6. The molecule has 1 heterocycles. The minimum absolute atomic E-state index is 0.0967. The maximum absolute atomic E-state index is 12.6. The van der Waals surface area contributed by atoms with Crippen LogP contribution in [0.3, 0.4) is 0 Å². The largest absolute Gasteiger partial charge is 0.501 e. The Bertz CT molecular complexity index is 886. The summed E-state index contributed by atoms with van der Waals surface area (Å²) in [5.41, 5.74) is -5.28. The fourth-order valence-electron chi connectivity index (χ4n) is 4.21. The molecule has 31 heavy (non-hydrogen) atoms. The number of hydrogen-bond donors (Lipinski definition) is 0. The van der Waals surface area contributed by atoms with Gasteiger partial charge in [-0.3, -0.25) is 9.59 Å². The number of hydrogen-bond acceptors (Lipinski definition) is 4. The number of rotatable bonds is 5. The van der Waals surface area contributed by atoms with E-state index < -0.39 is 26.1 Å². The van der Waals surface area contributed by atoms with Crippen LogP contribution in [0.2, 0.25) is 0 Å². The van der Waals surface area contributed by atoms with E-state index in [4.69, 9.17) is 0 Å². The highest BCUT2D eigenvalue weighted by Gasteiger charge is 2.46. The molecule has 3 rings (SSSR count). The van der Waals surface area contributed by atoms with Gasteiger partial charge in [0.15, 0.2) is 0 Å². The van der Waals surface area contributed by atoms with E-state index in [1.54, 1.807) is 4.90 Å². The molecule has 0 atom stereocenters. The number of benzene rings is 1. The molecule has 1 aliphatic carbocycles. The van der Waals surface area contributed by atoms with Gasteiger partial charge in [-0.1, -0.05) is 32.1 Å². The fraction of sp³-hybridized carbons (Fsp3) is 0.619. The van der Waals surface area contributed by atoms with Crippen LogP contribution in [0, 0.1) is 5.92 Å². The Morgan fingerprint density at radius 2 is 1.45 bits per heavy atom. The molecule has 0 unspecified atom stereocenters. The van der Waals surface area contributed by atoms with Gasteiger partial charge in [-0.15, -0.1) is 0 Å². The molecule has 172 valence electrons. The maximum Gasteiger partial charge on any atom is 0.501 e. The molecule has 2 aliphatic rings. The van der Waals surface area contributed by atoms with Gasteiger partial charge in [-0.2, -0.15) is 13.2 Å². The lowest BCUT2D eigenvalue weighted by Crippen LogP contribution is -2.50. The smallest absolute Gasteiger partial charge is 0.339 e. The van der Waals surface area contributed by atoms with Gasteiger partial charge in [0.25, 0.3) is 15.7 Å². The summed E-state index contributed by atoms with van der Waals surface area (Å²) in [6.07, 6.45) is 7.57. The van der Waals surface area contributed by atoms with Crippen LogP contribution in [0.15, 0.2) is 29.2 Å². The number of alkyl halides is 3. The summed E-state index contributed by atoms with van der Waals surface area (Å²) < 4.78 is 60.8. The van der Waals surface area contributed by atoms with Crippen LogP contribution >= 0.6 is 0 Å². The predicted octanol–water partition coefficient (Wildman–Crippen LogP) is 3.63. The quantitative estimate of drug-likeness (QED) is 0.673. The molecule has 1 aromatic rings. The van der Waals surface area contributed by atoms with Crippen molar-refractivity contribution in [2.45, 2.75) is 55.3 Å². The van der Waals surface area contributed by atoms with Gasteiger partial charge in [0, 0.05) is 38.2 Å². The van der Waals surface area contributed by atoms with Crippen molar-refractivity contribution >= 4 is 21.7 Å². The second kappa shape index (κ2) is 9.58. The summed E-state index contributed by atoms with van der Waals surface area (Å²) >= 11 is 0. The summed E-state index contributed by atoms with van der Waals surface area (Å²) in [6.45, 7) is 1.48. The van der Waals surface area contributed by atoms with E-state index in [9.17, 15) is 31.2 Å². The Kier molecular flexibility index (Phi) is 7.28. The molecule has 0 spiro atoms. The molecule has 1 aromatic carbocycles. The Morgan fingerprint density at radius 3 is 2.00 bits per heavy atom. The number of carbonyl (C=O) groups is 2. The van der Waals surface area contributed by atoms with Crippen molar-refractivity contribution in [2.24, 2.45) is 5.92 Å². The molecular formula is C21H27F3N2O4S. The second-order valence-corrected chi connectivity index (χ2v) is 10.1. The van der Waals surface area contributed by atoms with Gasteiger partial charge in [-0.05, 0) is 36.6 Å². The van der Waals surface area contributed by atoms with E-state index in [2.05, 4.69) is 0 Å². The predicted molar refractivity (Wildman–Crippen MR) is 108 cm³/mol. The lowest BCUT2D eigenvalue weighted by Gasteiger charge is -2.35. The number of piperazine rings is 1. The van der Waals surface area contributed by atoms with E-state index in [-0.39, 0.29) is 11.5 Å². The molecule has 2 amide bonds. The lowest BCUT2D eigenvalue weighted by molar-refractivity contribution is -0.133. The van der Waals surface area contributed by atoms with E-state index in [1.807, 2.05) is 0 Å². The first kappa shape index (κ1) is 23.6. The number of carbonyl (C=O) groups excluding carboxylic acids is 2. The average molecular weight is 461 g/mol. The van der Waals surface area contributed by atoms with Crippen LogP contribution in [-0.2, 0) is 14.6 Å². The Hall–Kier alpha value is -2.10. The molecule has 0 aromatic heterocycles. The molecule has 1 saturated carbocycles. The lowest BCUT2D eigenvalue weighted by atomic mass is 9.86.